The number of anilines is 1. The molecule has 4 heteroatoms. The molecule has 0 aliphatic rings. The quantitative estimate of drug-likeness (QED) is 0.759. The molecule has 0 aromatic heterocycles. The van der Waals surface area contributed by atoms with Crippen LogP contribution in [0.2, 0.25) is 0 Å². The summed E-state index contributed by atoms with van der Waals surface area (Å²) < 4.78 is 10.6. The van der Waals surface area contributed by atoms with Crippen LogP contribution in [0.1, 0.15) is 17.5 Å². The summed E-state index contributed by atoms with van der Waals surface area (Å²) in [6.45, 7) is 2.00. The average molecular weight is 314 g/mol. The van der Waals surface area contributed by atoms with Gasteiger partial charge in [-0.15, -0.1) is 0 Å². The summed E-state index contributed by atoms with van der Waals surface area (Å²) in [5.74, 6) is 1.30. The Kier molecular flexibility index (Phi) is 6.29. The third-order valence-electron chi connectivity index (χ3n) is 3.87. The lowest BCUT2D eigenvalue weighted by molar-refractivity contribution is 0.322. The zero-order valence-electron chi connectivity index (χ0n) is 14.2. The minimum atomic E-state index is 0.609. The van der Waals surface area contributed by atoms with Crippen molar-refractivity contribution in [2.24, 2.45) is 0 Å². The van der Waals surface area contributed by atoms with Crippen LogP contribution in [0, 0.1) is 0 Å². The van der Waals surface area contributed by atoms with Crippen molar-refractivity contribution in [1.82, 2.24) is 4.90 Å². The smallest absolute Gasteiger partial charge is 0.183 e. The first-order valence-electron chi connectivity index (χ1n) is 7.87. The lowest BCUT2D eigenvalue weighted by atomic mass is 10.1. The summed E-state index contributed by atoms with van der Waals surface area (Å²) in [4.78, 5) is 2.33. The first kappa shape index (κ1) is 17.2. The van der Waals surface area contributed by atoms with E-state index in [-0.39, 0.29) is 0 Å². The molecule has 4 nitrogen and oxygen atoms in total. The van der Waals surface area contributed by atoms with Crippen LogP contribution in [0.3, 0.4) is 0 Å². The van der Waals surface area contributed by atoms with Crippen LogP contribution in [0.25, 0.3) is 0 Å². The Morgan fingerprint density at radius 2 is 1.74 bits per heavy atom. The second-order valence-electron chi connectivity index (χ2n) is 5.75. The van der Waals surface area contributed by atoms with E-state index < -0.39 is 0 Å². The largest absolute Gasteiger partial charge is 0.493 e. The molecule has 0 saturated heterocycles. The van der Waals surface area contributed by atoms with Gasteiger partial charge in [0, 0.05) is 6.54 Å². The fourth-order valence-electron chi connectivity index (χ4n) is 2.72. The van der Waals surface area contributed by atoms with Gasteiger partial charge in [-0.3, -0.25) is 0 Å². The van der Waals surface area contributed by atoms with Crippen LogP contribution in [-0.2, 0) is 13.0 Å². The van der Waals surface area contributed by atoms with E-state index in [4.69, 9.17) is 15.2 Å². The van der Waals surface area contributed by atoms with Gasteiger partial charge in [-0.2, -0.15) is 0 Å². The molecule has 0 bridgehead atoms. The van der Waals surface area contributed by atoms with E-state index in [1.165, 1.54) is 11.1 Å². The van der Waals surface area contributed by atoms with Crippen LogP contribution in [0.5, 0.6) is 11.5 Å². The zero-order chi connectivity index (χ0) is 16.7. The number of benzene rings is 2. The van der Waals surface area contributed by atoms with Crippen LogP contribution in [-0.4, -0.2) is 32.7 Å². The third kappa shape index (κ3) is 4.89. The SMILES string of the molecule is COc1cc(CCCN(C)Cc2ccccc2)cc(N)c1OC. The molecule has 0 amide bonds. The highest BCUT2D eigenvalue weighted by Gasteiger charge is 2.10. The van der Waals surface area contributed by atoms with Crippen LogP contribution >= 0.6 is 0 Å². The molecular weight excluding hydrogens is 288 g/mol. The molecule has 2 aromatic carbocycles. The predicted octanol–water partition coefficient (Wildman–Crippen LogP) is 3.35. The molecule has 0 heterocycles. The van der Waals surface area contributed by atoms with E-state index in [9.17, 15) is 0 Å². The summed E-state index contributed by atoms with van der Waals surface area (Å²) in [6, 6.07) is 14.5. The maximum absolute atomic E-state index is 6.03. The van der Waals surface area contributed by atoms with Crippen molar-refractivity contribution in [2.75, 3.05) is 33.5 Å². The summed E-state index contributed by atoms with van der Waals surface area (Å²) in [6.07, 6.45) is 2.03. The number of nitrogens with two attached hydrogens (primary N) is 1. The van der Waals surface area contributed by atoms with Crippen molar-refractivity contribution in [3.8, 4) is 11.5 Å². The van der Waals surface area contributed by atoms with Gasteiger partial charge in [0.25, 0.3) is 0 Å². The second-order valence-corrected chi connectivity index (χ2v) is 5.75. The molecule has 0 radical (unpaired) electrons. The molecule has 0 aliphatic heterocycles. The van der Waals surface area contributed by atoms with Crippen molar-refractivity contribution in [2.45, 2.75) is 19.4 Å². The highest BCUT2D eigenvalue weighted by molar-refractivity contribution is 5.62. The number of ether oxygens (including phenoxy) is 2. The van der Waals surface area contributed by atoms with Gasteiger partial charge in [0.1, 0.15) is 0 Å². The van der Waals surface area contributed by atoms with E-state index in [0.717, 1.165) is 25.9 Å². The van der Waals surface area contributed by atoms with Crippen LogP contribution < -0.4 is 15.2 Å². The molecule has 0 fully saturated rings. The van der Waals surface area contributed by atoms with Gasteiger partial charge in [0.2, 0.25) is 0 Å². The van der Waals surface area contributed by atoms with Gasteiger partial charge in [-0.1, -0.05) is 30.3 Å². The molecule has 2 aromatic rings. The van der Waals surface area contributed by atoms with Gasteiger partial charge in [-0.05, 0) is 49.7 Å². The van der Waals surface area contributed by atoms with E-state index >= 15 is 0 Å². The van der Waals surface area contributed by atoms with E-state index in [1.54, 1.807) is 14.2 Å². The Balaban J connectivity index is 1.87. The third-order valence-corrected chi connectivity index (χ3v) is 3.87. The van der Waals surface area contributed by atoms with E-state index in [2.05, 4.69) is 36.2 Å². The Bertz CT molecular complexity index is 614. The minimum Gasteiger partial charge on any atom is -0.493 e. The molecule has 23 heavy (non-hydrogen) atoms. The van der Waals surface area contributed by atoms with Gasteiger partial charge < -0.3 is 20.1 Å². The maximum atomic E-state index is 6.03. The highest BCUT2D eigenvalue weighted by atomic mass is 16.5. The van der Waals surface area contributed by atoms with Crippen LogP contribution in [0.4, 0.5) is 5.69 Å². The first-order chi connectivity index (χ1) is 11.1. The van der Waals surface area contributed by atoms with Gasteiger partial charge in [-0.25, -0.2) is 0 Å². The Labute approximate surface area is 138 Å². The standard InChI is InChI=1S/C19H26N2O2/c1-21(14-15-8-5-4-6-9-15)11-7-10-16-12-17(20)19(23-3)18(13-16)22-2/h4-6,8-9,12-13H,7,10-11,14,20H2,1-3H3. The molecule has 0 aliphatic carbocycles. The van der Waals surface area contributed by atoms with E-state index in [1.807, 2.05) is 18.2 Å². The fourth-order valence-corrected chi connectivity index (χ4v) is 2.72. The number of rotatable bonds is 8. The molecule has 124 valence electrons. The average Bonchev–Trinajstić information content (AvgIpc) is 2.55. The maximum Gasteiger partial charge on any atom is 0.183 e. The number of hydrogen-bond acceptors (Lipinski definition) is 4. The number of hydrogen-bond donors (Lipinski definition) is 1. The lowest BCUT2D eigenvalue weighted by Crippen LogP contribution is -2.19. The molecule has 0 unspecified atom stereocenters. The number of nitrogens with zero attached hydrogens (tertiary/aromatic N) is 1. The molecular formula is C19H26N2O2. The van der Waals surface area contributed by atoms with Crippen molar-refractivity contribution in [3.05, 3.63) is 53.6 Å². The van der Waals surface area contributed by atoms with Gasteiger partial charge >= 0.3 is 0 Å². The predicted molar refractivity (Wildman–Crippen MR) is 95.1 cm³/mol. The molecule has 0 spiro atoms. The van der Waals surface area contributed by atoms with E-state index in [0.29, 0.717) is 17.2 Å². The summed E-state index contributed by atoms with van der Waals surface area (Å²) in [5, 5.41) is 0. The van der Waals surface area contributed by atoms with Crippen molar-refractivity contribution in [1.29, 1.82) is 0 Å². The Morgan fingerprint density at radius 1 is 1.00 bits per heavy atom. The van der Waals surface area contributed by atoms with Crippen molar-refractivity contribution in [3.63, 3.8) is 0 Å². The number of nitrogen functional groups attached to an aromatic ring is 1. The molecule has 0 atom stereocenters. The van der Waals surface area contributed by atoms with Gasteiger partial charge in [0.05, 0.1) is 19.9 Å². The number of aryl methyl sites for hydroxylation is 1. The minimum absolute atomic E-state index is 0.609. The summed E-state index contributed by atoms with van der Waals surface area (Å²) in [7, 11) is 5.39. The summed E-state index contributed by atoms with van der Waals surface area (Å²) in [5.41, 5.74) is 9.16. The van der Waals surface area contributed by atoms with Crippen molar-refractivity contribution < 1.29 is 9.47 Å². The fraction of sp³-hybridized carbons (Fsp3) is 0.368. The highest BCUT2D eigenvalue weighted by Crippen LogP contribution is 2.34. The Morgan fingerprint density at radius 3 is 2.39 bits per heavy atom. The van der Waals surface area contributed by atoms with Crippen LogP contribution in [0.15, 0.2) is 42.5 Å². The first-order valence-corrected chi connectivity index (χ1v) is 7.87. The van der Waals surface area contributed by atoms with Crippen molar-refractivity contribution >= 4 is 5.69 Å². The molecule has 0 saturated carbocycles. The monoisotopic (exact) mass is 314 g/mol. The number of methoxy groups -OCH3 is 2. The summed E-state index contributed by atoms with van der Waals surface area (Å²) >= 11 is 0. The normalized spacial score (nSPS) is 10.8. The lowest BCUT2D eigenvalue weighted by Gasteiger charge is -2.17. The van der Waals surface area contributed by atoms with Gasteiger partial charge in [0.15, 0.2) is 11.5 Å². The second kappa shape index (κ2) is 8.44. The molecule has 2 N–H and O–H groups in total. The zero-order valence-corrected chi connectivity index (χ0v) is 14.2. The Hall–Kier alpha value is -2.20. The topological polar surface area (TPSA) is 47.7 Å². The molecule has 2 rings (SSSR count).